The monoisotopic (exact) mass is 316 g/mol. The first-order valence-electron chi connectivity index (χ1n) is 7.18. The number of nitrogens with two attached hydrogens (primary N) is 1. The van der Waals surface area contributed by atoms with Crippen LogP contribution in [-0.4, -0.2) is 37.0 Å². The molecule has 1 aromatic carbocycles. The molecule has 1 unspecified atom stereocenters. The molecule has 1 heterocycles. The average molecular weight is 316 g/mol. The fourth-order valence-electron chi connectivity index (χ4n) is 2.55. The molecule has 0 aliphatic carbocycles. The van der Waals surface area contributed by atoms with Gasteiger partial charge in [-0.3, -0.25) is 9.69 Å². The summed E-state index contributed by atoms with van der Waals surface area (Å²) in [5, 5.41) is 0. The molecule has 4 nitrogen and oxygen atoms in total. The fourth-order valence-corrected chi connectivity index (χ4v) is 2.55. The topological polar surface area (TPSA) is 55.6 Å². The molecule has 122 valence electrons. The number of hydrogen-bond donors (Lipinski definition) is 1. The first kappa shape index (κ1) is 16.6. The second-order valence-corrected chi connectivity index (χ2v) is 5.42. The summed E-state index contributed by atoms with van der Waals surface area (Å²) in [5.74, 6) is -0.260. The molecule has 0 radical (unpaired) electrons. The van der Waals surface area contributed by atoms with Gasteiger partial charge in [0.15, 0.2) is 0 Å². The van der Waals surface area contributed by atoms with Crippen LogP contribution in [0, 0.1) is 5.92 Å². The molecule has 0 saturated carbocycles. The third-order valence-corrected chi connectivity index (χ3v) is 3.75. The van der Waals surface area contributed by atoms with E-state index in [0.717, 1.165) is 31.5 Å². The van der Waals surface area contributed by atoms with Crippen molar-refractivity contribution in [1.29, 1.82) is 0 Å². The van der Waals surface area contributed by atoms with Gasteiger partial charge in [0.2, 0.25) is 5.91 Å². The van der Waals surface area contributed by atoms with Crippen molar-refractivity contribution in [2.24, 2.45) is 11.7 Å². The highest BCUT2D eigenvalue weighted by atomic mass is 19.4. The zero-order valence-electron chi connectivity index (χ0n) is 12.1. The Morgan fingerprint density at radius 3 is 2.86 bits per heavy atom. The third kappa shape index (κ3) is 4.62. The Morgan fingerprint density at radius 1 is 1.41 bits per heavy atom. The van der Waals surface area contributed by atoms with Gasteiger partial charge in [0.05, 0.1) is 11.5 Å². The molecular weight excluding hydrogens is 297 g/mol. The van der Waals surface area contributed by atoms with Crippen molar-refractivity contribution in [1.82, 2.24) is 4.90 Å². The van der Waals surface area contributed by atoms with E-state index in [1.165, 1.54) is 12.1 Å². The van der Waals surface area contributed by atoms with E-state index >= 15 is 0 Å². The molecule has 1 aliphatic heterocycles. The smallest absolute Gasteiger partial charge is 0.416 e. The first-order valence-corrected chi connectivity index (χ1v) is 7.18. The maximum Gasteiger partial charge on any atom is 0.416 e. The number of ether oxygens (including phenoxy) is 1. The lowest BCUT2D eigenvalue weighted by atomic mass is 9.98. The van der Waals surface area contributed by atoms with Gasteiger partial charge in [0.1, 0.15) is 12.4 Å². The number of nitrogens with zero attached hydrogens (tertiary/aromatic N) is 1. The van der Waals surface area contributed by atoms with Gasteiger partial charge in [-0.15, -0.1) is 0 Å². The molecule has 22 heavy (non-hydrogen) atoms. The summed E-state index contributed by atoms with van der Waals surface area (Å²) in [7, 11) is 0. The van der Waals surface area contributed by atoms with Gasteiger partial charge in [0, 0.05) is 13.1 Å². The van der Waals surface area contributed by atoms with Crippen LogP contribution in [0.1, 0.15) is 18.4 Å². The maximum absolute atomic E-state index is 12.6. The van der Waals surface area contributed by atoms with Crippen LogP contribution < -0.4 is 10.5 Å². The Hall–Kier alpha value is -1.76. The highest BCUT2D eigenvalue weighted by Gasteiger charge is 2.30. The van der Waals surface area contributed by atoms with E-state index in [0.29, 0.717) is 13.1 Å². The Morgan fingerprint density at radius 2 is 2.18 bits per heavy atom. The summed E-state index contributed by atoms with van der Waals surface area (Å²) < 4.78 is 43.2. The molecule has 2 N–H and O–H groups in total. The van der Waals surface area contributed by atoms with E-state index in [9.17, 15) is 18.0 Å². The third-order valence-electron chi connectivity index (χ3n) is 3.75. The van der Waals surface area contributed by atoms with Crippen LogP contribution in [0.25, 0.3) is 0 Å². The lowest BCUT2D eigenvalue weighted by Gasteiger charge is -2.30. The van der Waals surface area contributed by atoms with Crippen LogP contribution in [0.5, 0.6) is 5.75 Å². The first-order chi connectivity index (χ1) is 10.4. The van der Waals surface area contributed by atoms with Crippen molar-refractivity contribution < 1.29 is 22.7 Å². The highest BCUT2D eigenvalue weighted by molar-refractivity contribution is 5.76. The second-order valence-electron chi connectivity index (χ2n) is 5.42. The van der Waals surface area contributed by atoms with Gasteiger partial charge in [-0.2, -0.15) is 13.2 Å². The largest absolute Gasteiger partial charge is 0.492 e. The molecular formula is C15H19F3N2O2. The number of rotatable bonds is 5. The van der Waals surface area contributed by atoms with Gasteiger partial charge in [-0.25, -0.2) is 0 Å². The number of amides is 1. The van der Waals surface area contributed by atoms with E-state index in [-0.39, 0.29) is 24.2 Å². The average Bonchev–Trinajstić information content (AvgIpc) is 2.47. The minimum absolute atomic E-state index is 0.151. The zero-order valence-corrected chi connectivity index (χ0v) is 12.1. The number of carbonyl (C=O) groups is 1. The highest BCUT2D eigenvalue weighted by Crippen LogP contribution is 2.31. The van der Waals surface area contributed by atoms with Gasteiger partial charge in [-0.1, -0.05) is 6.07 Å². The number of hydrogen-bond acceptors (Lipinski definition) is 3. The van der Waals surface area contributed by atoms with Crippen molar-refractivity contribution >= 4 is 5.91 Å². The molecule has 7 heteroatoms. The Bertz CT molecular complexity index is 520. The van der Waals surface area contributed by atoms with Crippen LogP contribution in [0.2, 0.25) is 0 Å². The second kappa shape index (κ2) is 7.00. The van der Waals surface area contributed by atoms with Crippen LogP contribution in [0.4, 0.5) is 13.2 Å². The van der Waals surface area contributed by atoms with Crippen LogP contribution in [0.3, 0.4) is 0 Å². The standard InChI is InChI=1S/C15H19F3N2O2/c16-15(17,18)12-4-1-5-13(9-12)22-8-7-20-6-2-3-11(10-20)14(19)21/h1,4-5,9,11H,2-3,6-8,10H2,(H2,19,21). The number of alkyl halides is 3. The van der Waals surface area contributed by atoms with Crippen molar-refractivity contribution in [2.45, 2.75) is 19.0 Å². The predicted molar refractivity (Wildman–Crippen MR) is 75.3 cm³/mol. The van der Waals surface area contributed by atoms with Crippen LogP contribution in [-0.2, 0) is 11.0 Å². The molecule has 1 amide bonds. The number of benzene rings is 1. The van der Waals surface area contributed by atoms with Crippen LogP contribution >= 0.6 is 0 Å². The van der Waals surface area contributed by atoms with E-state index < -0.39 is 11.7 Å². The van der Waals surface area contributed by atoms with E-state index in [4.69, 9.17) is 10.5 Å². The van der Waals surface area contributed by atoms with Crippen molar-refractivity contribution in [2.75, 3.05) is 26.2 Å². The predicted octanol–water partition coefficient (Wildman–Crippen LogP) is 2.28. The molecule has 1 fully saturated rings. The Kier molecular flexibility index (Phi) is 5.28. The summed E-state index contributed by atoms with van der Waals surface area (Å²) in [6.45, 7) is 2.25. The maximum atomic E-state index is 12.6. The molecule has 0 bridgehead atoms. The van der Waals surface area contributed by atoms with Crippen molar-refractivity contribution in [3.8, 4) is 5.75 Å². The minimum atomic E-state index is -4.37. The van der Waals surface area contributed by atoms with Gasteiger partial charge in [-0.05, 0) is 37.6 Å². The van der Waals surface area contributed by atoms with Crippen LogP contribution in [0.15, 0.2) is 24.3 Å². The number of primary amides is 1. The number of likely N-dealkylation sites (tertiary alicyclic amines) is 1. The Labute approximate surface area is 127 Å². The van der Waals surface area contributed by atoms with Gasteiger partial charge >= 0.3 is 6.18 Å². The SMILES string of the molecule is NC(=O)C1CCCN(CCOc2cccc(C(F)(F)F)c2)C1. The lowest BCUT2D eigenvalue weighted by Crippen LogP contribution is -2.42. The van der Waals surface area contributed by atoms with Gasteiger partial charge < -0.3 is 10.5 Å². The summed E-state index contributed by atoms with van der Waals surface area (Å²) in [6, 6.07) is 4.82. The quantitative estimate of drug-likeness (QED) is 0.907. The van der Waals surface area contributed by atoms with E-state index in [2.05, 4.69) is 0 Å². The molecule has 0 aromatic heterocycles. The molecule has 1 atom stereocenters. The summed E-state index contributed by atoms with van der Waals surface area (Å²) >= 11 is 0. The Balaban J connectivity index is 1.82. The molecule has 1 saturated heterocycles. The number of carbonyl (C=O) groups excluding carboxylic acids is 1. The summed E-state index contributed by atoms with van der Waals surface area (Å²) in [4.78, 5) is 13.2. The summed E-state index contributed by atoms with van der Waals surface area (Å²) in [6.07, 6.45) is -2.70. The summed E-state index contributed by atoms with van der Waals surface area (Å²) in [5.41, 5.74) is 4.58. The van der Waals surface area contributed by atoms with Crippen molar-refractivity contribution in [3.05, 3.63) is 29.8 Å². The normalized spacial score (nSPS) is 19.9. The van der Waals surface area contributed by atoms with E-state index in [1.807, 2.05) is 4.90 Å². The molecule has 0 spiro atoms. The fraction of sp³-hybridized carbons (Fsp3) is 0.533. The zero-order chi connectivity index (χ0) is 16.2. The lowest BCUT2D eigenvalue weighted by molar-refractivity contribution is -0.137. The number of halogens is 3. The number of piperidine rings is 1. The van der Waals surface area contributed by atoms with E-state index in [1.54, 1.807) is 0 Å². The molecule has 1 aromatic rings. The van der Waals surface area contributed by atoms with Crippen molar-refractivity contribution in [3.63, 3.8) is 0 Å². The molecule has 1 aliphatic rings. The molecule has 2 rings (SSSR count). The minimum Gasteiger partial charge on any atom is -0.492 e. The van der Waals surface area contributed by atoms with Gasteiger partial charge in [0.25, 0.3) is 0 Å².